The van der Waals surface area contributed by atoms with Crippen LogP contribution in [0, 0.1) is 10.8 Å². The van der Waals surface area contributed by atoms with E-state index in [0.29, 0.717) is 0 Å². The molecule has 1 amide bonds. The van der Waals surface area contributed by atoms with Gasteiger partial charge in [-0.25, -0.2) is 8.78 Å². The van der Waals surface area contributed by atoms with Gasteiger partial charge in [-0.15, -0.1) is 0 Å². The summed E-state index contributed by atoms with van der Waals surface area (Å²) in [6.45, 7) is 9.82. The predicted octanol–water partition coefficient (Wildman–Crippen LogP) is 3.85. The molecule has 0 aliphatic carbocycles. The highest BCUT2D eigenvalue weighted by Gasteiger charge is 2.52. The van der Waals surface area contributed by atoms with Gasteiger partial charge in [0.2, 0.25) is 20.0 Å². The highest BCUT2D eigenvalue weighted by molar-refractivity contribution is 7.41. The van der Waals surface area contributed by atoms with Crippen LogP contribution in [0.1, 0.15) is 60.8 Å². The van der Waals surface area contributed by atoms with Gasteiger partial charge in [0.25, 0.3) is 5.92 Å². The topological polar surface area (TPSA) is 148 Å². The van der Waals surface area contributed by atoms with E-state index in [0.717, 1.165) is 4.90 Å². The van der Waals surface area contributed by atoms with Crippen LogP contribution in [0.25, 0.3) is 0 Å². The first-order valence-electron chi connectivity index (χ1n) is 12.1. The van der Waals surface area contributed by atoms with Gasteiger partial charge in [-0.2, -0.15) is 4.99 Å². The first-order valence-corrected chi connectivity index (χ1v) is 13.2. The molecule has 0 radical (unpaired) electrons. The number of hydrogen-bond donors (Lipinski definition) is 1. The fraction of sp³-hybridized carbons (Fsp3) is 0.750. The lowest BCUT2D eigenvalue weighted by molar-refractivity contribution is -0.155. The van der Waals surface area contributed by atoms with Crippen molar-refractivity contribution in [2.24, 2.45) is 21.6 Å². The zero-order chi connectivity index (χ0) is 29.9. The first-order chi connectivity index (χ1) is 17.9. The van der Waals surface area contributed by atoms with Crippen LogP contribution in [0.2, 0.25) is 0 Å². The summed E-state index contributed by atoms with van der Waals surface area (Å²) in [5.74, 6) is -4.43. The van der Waals surface area contributed by atoms with Gasteiger partial charge < -0.3 is 29.4 Å². The molecule has 1 aliphatic rings. The van der Waals surface area contributed by atoms with Crippen molar-refractivity contribution in [1.82, 2.24) is 4.90 Å². The number of amidine groups is 1. The molecule has 2 N–H and O–H groups in total. The number of nitrogens with two attached hydrogens (primary N) is 1. The number of aliphatic imine (C=N–C) groups is 1. The van der Waals surface area contributed by atoms with Gasteiger partial charge in [-0.05, 0) is 16.9 Å². The molecule has 0 saturated carbocycles. The van der Waals surface area contributed by atoms with Crippen LogP contribution in [-0.4, -0.2) is 74.6 Å². The molecule has 0 aromatic heterocycles. The molecule has 0 aromatic rings. The van der Waals surface area contributed by atoms with Crippen molar-refractivity contribution in [3.8, 4) is 0 Å². The summed E-state index contributed by atoms with van der Waals surface area (Å²) in [5, 5.41) is 0. The van der Waals surface area contributed by atoms with Crippen molar-refractivity contribution in [2.45, 2.75) is 79.1 Å². The minimum absolute atomic E-state index is 0.140. The summed E-state index contributed by atoms with van der Waals surface area (Å²) in [6, 6.07) is 0. The lowest BCUT2D eigenvalue weighted by Gasteiger charge is -2.26. The van der Waals surface area contributed by atoms with E-state index < -0.39 is 58.8 Å². The van der Waals surface area contributed by atoms with E-state index in [1.165, 1.54) is 19.3 Å². The molecule has 2 unspecified atom stereocenters. The maximum atomic E-state index is 14.6. The normalized spacial score (nSPS) is 19.9. The molecule has 1 fully saturated rings. The average molecular weight is 584 g/mol. The Bertz CT molecular complexity index is 842. The zero-order valence-corrected chi connectivity index (χ0v) is 24.4. The number of nitrogens with zero attached hydrogens (tertiary/aromatic N) is 2. The third-order valence-corrected chi connectivity index (χ3v) is 5.70. The van der Waals surface area contributed by atoms with Crippen LogP contribution < -0.4 is 5.73 Å². The molecule has 12 nitrogen and oxygen atoms in total. The monoisotopic (exact) mass is 583 g/mol. The van der Waals surface area contributed by atoms with Crippen molar-refractivity contribution >= 4 is 32.8 Å². The average Bonchev–Trinajstić information content (AvgIpc) is 3.07. The number of ether oxygens (including phenoxy) is 3. The van der Waals surface area contributed by atoms with Crippen molar-refractivity contribution in [3.05, 3.63) is 12.3 Å². The Morgan fingerprint density at radius 3 is 2.03 bits per heavy atom. The Kier molecular flexibility index (Phi) is 13.8. The summed E-state index contributed by atoms with van der Waals surface area (Å²) in [7, 11) is -0.906. The van der Waals surface area contributed by atoms with Crippen LogP contribution in [0.3, 0.4) is 0 Å². The van der Waals surface area contributed by atoms with E-state index in [1.807, 2.05) is 41.5 Å². The molecule has 0 spiro atoms. The maximum Gasteiger partial charge on any atom is 0.338 e. The number of esters is 2. The molecule has 39 heavy (non-hydrogen) atoms. The lowest BCUT2D eigenvalue weighted by atomic mass is 9.92. The Balaban J connectivity index is 2.72. The molecule has 0 aromatic carbocycles. The maximum absolute atomic E-state index is 14.6. The second kappa shape index (κ2) is 15.5. The Morgan fingerprint density at radius 2 is 1.56 bits per heavy atom. The van der Waals surface area contributed by atoms with Gasteiger partial charge in [-0.1, -0.05) is 41.5 Å². The molecule has 15 heteroatoms. The highest BCUT2D eigenvalue weighted by Crippen LogP contribution is 2.43. The molecule has 2 atom stereocenters. The van der Waals surface area contributed by atoms with Crippen LogP contribution >= 0.6 is 8.60 Å². The Morgan fingerprint density at radius 1 is 1.05 bits per heavy atom. The fourth-order valence-electron chi connectivity index (χ4n) is 3.10. The molecule has 1 heterocycles. The van der Waals surface area contributed by atoms with E-state index in [1.54, 1.807) is 0 Å². The summed E-state index contributed by atoms with van der Waals surface area (Å²) >= 11 is 0. The quantitative estimate of drug-likeness (QED) is 0.0748. The molecule has 0 bridgehead atoms. The summed E-state index contributed by atoms with van der Waals surface area (Å²) < 4.78 is 61.0. The van der Waals surface area contributed by atoms with E-state index in [2.05, 4.69) is 4.99 Å². The summed E-state index contributed by atoms with van der Waals surface area (Å²) in [6.07, 6.45) is -0.461. The number of rotatable bonds is 15. The van der Waals surface area contributed by atoms with Gasteiger partial charge in [0.05, 0.1) is 25.6 Å². The molecular formula is C24H40F2N3O9P. The third-order valence-electron chi connectivity index (χ3n) is 4.71. The Labute approximate surface area is 229 Å². The van der Waals surface area contributed by atoms with Crippen LogP contribution in [-0.2, 0) is 42.2 Å². The zero-order valence-electron chi connectivity index (χ0n) is 23.5. The lowest BCUT2D eigenvalue weighted by Crippen LogP contribution is -2.40. The SMILES string of the molecule is CN(/C=C\C(N)=NC=O)C1OC(COP(OCOC(=O)CC(C)(C)C)OCOC(=O)CC(C)(C)C)CC1(F)F. The predicted molar refractivity (Wildman–Crippen MR) is 138 cm³/mol. The smallest absolute Gasteiger partial charge is 0.338 e. The summed E-state index contributed by atoms with van der Waals surface area (Å²) in [4.78, 5) is 38.6. The summed E-state index contributed by atoms with van der Waals surface area (Å²) in [5.41, 5.74) is 4.86. The number of amides is 1. The van der Waals surface area contributed by atoms with Crippen LogP contribution in [0.15, 0.2) is 17.3 Å². The highest BCUT2D eigenvalue weighted by atomic mass is 31.2. The van der Waals surface area contributed by atoms with E-state index in [9.17, 15) is 23.2 Å². The number of alkyl halides is 2. The molecule has 224 valence electrons. The number of hydrogen-bond acceptors (Lipinski definition) is 10. The van der Waals surface area contributed by atoms with Gasteiger partial charge >= 0.3 is 20.5 Å². The van der Waals surface area contributed by atoms with Crippen LogP contribution in [0.5, 0.6) is 0 Å². The minimum atomic E-state index is -3.25. The second-order valence-corrected chi connectivity index (χ2v) is 12.5. The van der Waals surface area contributed by atoms with Crippen molar-refractivity contribution in [1.29, 1.82) is 0 Å². The number of halogens is 2. The Hall–Kier alpha value is -2.25. The first kappa shape index (κ1) is 34.8. The number of carbonyl (C=O) groups is 3. The molecule has 1 saturated heterocycles. The minimum Gasteiger partial charge on any atom is -0.438 e. The third kappa shape index (κ3) is 15.2. The van der Waals surface area contributed by atoms with E-state index in [-0.39, 0.29) is 42.5 Å². The van der Waals surface area contributed by atoms with Gasteiger partial charge in [-0.3, -0.25) is 23.4 Å². The fourth-order valence-corrected chi connectivity index (χ4v) is 3.89. The number of carbonyl (C=O) groups excluding carboxylic acids is 3. The largest absolute Gasteiger partial charge is 0.438 e. The molecule has 1 rings (SSSR count). The van der Waals surface area contributed by atoms with E-state index >= 15 is 0 Å². The van der Waals surface area contributed by atoms with Gasteiger partial charge in [0.15, 0.2) is 6.23 Å². The van der Waals surface area contributed by atoms with Crippen molar-refractivity contribution < 1.29 is 50.9 Å². The van der Waals surface area contributed by atoms with Gasteiger partial charge in [0, 0.05) is 19.7 Å². The van der Waals surface area contributed by atoms with Crippen molar-refractivity contribution in [3.63, 3.8) is 0 Å². The van der Waals surface area contributed by atoms with Crippen LogP contribution in [0.4, 0.5) is 8.78 Å². The van der Waals surface area contributed by atoms with E-state index in [4.69, 9.17) is 33.5 Å². The molecular weight excluding hydrogens is 543 g/mol. The molecule has 1 aliphatic heterocycles. The second-order valence-electron chi connectivity index (χ2n) is 11.2. The van der Waals surface area contributed by atoms with Gasteiger partial charge in [0.1, 0.15) is 5.84 Å². The standard InChI is InChI=1S/C24H40F2N3O9P/c1-22(2,3)11-19(31)33-15-36-39(37-16-34-20(32)12-23(4,5)6)35-13-17-10-24(25,26)21(38-17)29(7)9-8-18(27)28-14-30/h8-9,14,17,21H,10-13,15-16H2,1-7H3,(H2,27,28,30)/b9-8-. The van der Waals surface area contributed by atoms with Crippen molar-refractivity contribution in [2.75, 3.05) is 27.2 Å².